The van der Waals surface area contributed by atoms with E-state index >= 15 is 0 Å². The van der Waals surface area contributed by atoms with Crippen molar-refractivity contribution in [2.24, 2.45) is 0 Å². The summed E-state index contributed by atoms with van der Waals surface area (Å²) in [4.78, 5) is 10.6. The molecule has 1 rings (SSSR count). The van der Waals surface area contributed by atoms with Crippen LogP contribution >= 0.6 is 0 Å². The summed E-state index contributed by atoms with van der Waals surface area (Å²) in [6.07, 6.45) is 1.92. The van der Waals surface area contributed by atoms with Crippen molar-refractivity contribution >= 4 is 12.0 Å². The summed E-state index contributed by atoms with van der Waals surface area (Å²) in [5.74, 6) is -4.89. The van der Waals surface area contributed by atoms with Gasteiger partial charge in [-0.25, -0.2) is 18.0 Å². The average Bonchev–Trinajstić information content (AvgIpc) is 2.24. The van der Waals surface area contributed by atoms with Gasteiger partial charge in [0, 0.05) is 11.6 Å². The summed E-state index contributed by atoms with van der Waals surface area (Å²) in [6, 6.07) is 1.79. The topological polar surface area (TPSA) is 26.3 Å². The maximum absolute atomic E-state index is 13.0. The van der Waals surface area contributed by atoms with Crippen LogP contribution in [-0.2, 0) is 9.53 Å². The van der Waals surface area contributed by atoms with E-state index in [0.29, 0.717) is 0 Å². The quantitative estimate of drug-likeness (QED) is 0.430. The van der Waals surface area contributed by atoms with Crippen LogP contribution in [0.25, 0.3) is 6.08 Å². The molecule has 0 saturated carbocycles. The minimum absolute atomic E-state index is 0.223. The molecule has 0 aliphatic rings. The molecular weight excluding hydrogens is 209 g/mol. The fourth-order valence-electron chi connectivity index (χ4n) is 0.895. The Bertz CT molecular complexity index is 413. The summed E-state index contributed by atoms with van der Waals surface area (Å²) in [5, 5.41) is 0. The van der Waals surface area contributed by atoms with Crippen LogP contribution in [0.15, 0.2) is 18.2 Å². The zero-order chi connectivity index (χ0) is 11.4. The number of rotatable bonds is 2. The number of carbonyl (C=O) groups excluding carboxylic acids is 1. The standard InChI is InChI=1S/C10H7F3O2/c1-15-8(14)5-3-6-2-4-7(11)10(13)9(6)12/h2-5H,1H3. The van der Waals surface area contributed by atoms with Crippen molar-refractivity contribution in [2.45, 2.75) is 0 Å². The molecule has 0 bridgehead atoms. The maximum atomic E-state index is 13.0. The van der Waals surface area contributed by atoms with Crippen molar-refractivity contribution in [3.8, 4) is 0 Å². The lowest BCUT2D eigenvalue weighted by molar-refractivity contribution is -0.134. The van der Waals surface area contributed by atoms with Gasteiger partial charge in [-0.05, 0) is 18.2 Å². The van der Waals surface area contributed by atoms with Gasteiger partial charge in [0.25, 0.3) is 0 Å². The Balaban J connectivity index is 3.02. The first-order valence-electron chi connectivity index (χ1n) is 3.95. The predicted octanol–water partition coefficient (Wildman–Crippen LogP) is 2.29. The first-order valence-corrected chi connectivity index (χ1v) is 3.95. The summed E-state index contributed by atoms with van der Waals surface area (Å²) >= 11 is 0. The van der Waals surface area contributed by atoms with Crippen molar-refractivity contribution < 1.29 is 22.7 Å². The van der Waals surface area contributed by atoms with E-state index in [9.17, 15) is 18.0 Å². The second-order valence-electron chi connectivity index (χ2n) is 2.62. The van der Waals surface area contributed by atoms with Gasteiger partial charge in [-0.15, -0.1) is 0 Å². The average molecular weight is 216 g/mol. The highest BCUT2D eigenvalue weighted by Gasteiger charge is 2.11. The molecular formula is C10H7F3O2. The second-order valence-corrected chi connectivity index (χ2v) is 2.62. The highest BCUT2D eigenvalue weighted by atomic mass is 19.2. The van der Waals surface area contributed by atoms with Gasteiger partial charge in [-0.1, -0.05) is 0 Å². The normalized spacial score (nSPS) is 10.7. The Hall–Kier alpha value is -1.78. The molecule has 0 heterocycles. The van der Waals surface area contributed by atoms with Gasteiger partial charge >= 0.3 is 5.97 Å². The molecule has 2 nitrogen and oxygen atoms in total. The first-order chi connectivity index (χ1) is 7.06. The Morgan fingerprint density at radius 3 is 2.53 bits per heavy atom. The van der Waals surface area contributed by atoms with Gasteiger partial charge in [-0.2, -0.15) is 0 Å². The molecule has 80 valence electrons. The van der Waals surface area contributed by atoms with E-state index in [4.69, 9.17) is 0 Å². The fourth-order valence-corrected chi connectivity index (χ4v) is 0.895. The SMILES string of the molecule is COC(=O)C=Cc1ccc(F)c(F)c1F. The molecule has 1 aromatic rings. The van der Waals surface area contributed by atoms with Crippen LogP contribution in [-0.4, -0.2) is 13.1 Å². The van der Waals surface area contributed by atoms with Crippen molar-refractivity contribution in [3.05, 3.63) is 41.2 Å². The summed E-state index contributed by atoms with van der Waals surface area (Å²) in [5.41, 5.74) is -0.223. The Morgan fingerprint density at radius 1 is 1.27 bits per heavy atom. The van der Waals surface area contributed by atoms with E-state index < -0.39 is 23.4 Å². The highest BCUT2D eigenvalue weighted by molar-refractivity contribution is 5.86. The van der Waals surface area contributed by atoms with E-state index in [0.717, 1.165) is 31.4 Å². The summed E-state index contributed by atoms with van der Waals surface area (Å²) in [7, 11) is 1.15. The van der Waals surface area contributed by atoms with Crippen LogP contribution in [0.2, 0.25) is 0 Å². The molecule has 1 aromatic carbocycles. The Labute approximate surface area is 84.0 Å². The van der Waals surface area contributed by atoms with Crippen molar-refractivity contribution in [1.29, 1.82) is 0 Å². The van der Waals surface area contributed by atoms with Crippen LogP contribution in [0.4, 0.5) is 13.2 Å². The molecule has 0 fully saturated rings. The Kier molecular flexibility index (Phi) is 3.49. The van der Waals surface area contributed by atoms with E-state index in [2.05, 4.69) is 4.74 Å². The van der Waals surface area contributed by atoms with Gasteiger partial charge < -0.3 is 4.74 Å². The minimum Gasteiger partial charge on any atom is -0.466 e. The molecule has 0 atom stereocenters. The molecule has 0 unspecified atom stereocenters. The van der Waals surface area contributed by atoms with Crippen molar-refractivity contribution in [1.82, 2.24) is 0 Å². The summed E-state index contributed by atoms with van der Waals surface area (Å²) < 4.78 is 42.4. The molecule has 15 heavy (non-hydrogen) atoms. The van der Waals surface area contributed by atoms with Gasteiger partial charge in [0.2, 0.25) is 0 Å². The highest BCUT2D eigenvalue weighted by Crippen LogP contribution is 2.16. The predicted molar refractivity (Wildman–Crippen MR) is 47.4 cm³/mol. The molecule has 0 amide bonds. The molecule has 0 N–H and O–H groups in total. The van der Waals surface area contributed by atoms with Gasteiger partial charge in [-0.3, -0.25) is 0 Å². The van der Waals surface area contributed by atoms with E-state index in [-0.39, 0.29) is 5.56 Å². The van der Waals surface area contributed by atoms with Crippen LogP contribution in [0.1, 0.15) is 5.56 Å². The minimum atomic E-state index is -1.57. The first kappa shape index (κ1) is 11.3. The largest absolute Gasteiger partial charge is 0.466 e. The number of hydrogen-bond acceptors (Lipinski definition) is 2. The third kappa shape index (κ3) is 2.59. The number of benzene rings is 1. The number of carbonyl (C=O) groups is 1. The van der Waals surface area contributed by atoms with Gasteiger partial charge in [0.05, 0.1) is 7.11 Å². The molecule has 0 radical (unpaired) electrons. The molecule has 0 aromatic heterocycles. The number of hydrogen-bond donors (Lipinski definition) is 0. The Morgan fingerprint density at radius 2 is 1.93 bits per heavy atom. The number of methoxy groups -OCH3 is 1. The van der Waals surface area contributed by atoms with Gasteiger partial charge in [0.1, 0.15) is 0 Å². The van der Waals surface area contributed by atoms with Crippen LogP contribution in [0, 0.1) is 17.5 Å². The molecule has 0 saturated heterocycles. The van der Waals surface area contributed by atoms with Crippen molar-refractivity contribution in [2.75, 3.05) is 7.11 Å². The van der Waals surface area contributed by atoms with E-state index in [1.165, 1.54) is 0 Å². The van der Waals surface area contributed by atoms with E-state index in [1.807, 2.05) is 0 Å². The lowest BCUT2D eigenvalue weighted by Crippen LogP contribution is -1.96. The van der Waals surface area contributed by atoms with E-state index in [1.54, 1.807) is 0 Å². The smallest absolute Gasteiger partial charge is 0.330 e. The van der Waals surface area contributed by atoms with Gasteiger partial charge in [0.15, 0.2) is 17.5 Å². The molecule has 0 spiro atoms. The third-order valence-electron chi connectivity index (χ3n) is 1.67. The fraction of sp³-hybridized carbons (Fsp3) is 0.100. The monoisotopic (exact) mass is 216 g/mol. The number of esters is 1. The zero-order valence-corrected chi connectivity index (χ0v) is 7.76. The van der Waals surface area contributed by atoms with Crippen molar-refractivity contribution in [3.63, 3.8) is 0 Å². The summed E-state index contributed by atoms with van der Waals surface area (Å²) in [6.45, 7) is 0. The lowest BCUT2D eigenvalue weighted by Gasteiger charge is -1.98. The third-order valence-corrected chi connectivity index (χ3v) is 1.67. The number of ether oxygens (including phenoxy) is 1. The van der Waals surface area contributed by atoms with Crippen LogP contribution in [0.5, 0.6) is 0 Å². The lowest BCUT2D eigenvalue weighted by atomic mass is 10.2. The second kappa shape index (κ2) is 4.63. The van der Waals surface area contributed by atoms with Crippen LogP contribution in [0.3, 0.4) is 0 Å². The molecule has 5 heteroatoms. The van der Waals surface area contributed by atoms with Crippen LogP contribution < -0.4 is 0 Å². The zero-order valence-electron chi connectivity index (χ0n) is 7.76. The molecule has 0 aliphatic carbocycles. The maximum Gasteiger partial charge on any atom is 0.330 e. The molecule has 0 aliphatic heterocycles. The number of halogens is 3.